The quantitative estimate of drug-likeness (QED) is 0.490. The zero-order valence-electron chi connectivity index (χ0n) is 10.9. The molecule has 16 heavy (non-hydrogen) atoms. The smallest absolute Gasteiger partial charge is 0.256 e. The van der Waals surface area contributed by atoms with Crippen molar-refractivity contribution in [3.63, 3.8) is 0 Å². The third kappa shape index (κ3) is 3.63. The Morgan fingerprint density at radius 1 is 1.25 bits per heavy atom. The summed E-state index contributed by atoms with van der Waals surface area (Å²) in [6.45, 7) is 10.4. The molecule has 3 heteroatoms. The van der Waals surface area contributed by atoms with E-state index in [-0.39, 0.29) is 0 Å². The summed E-state index contributed by atoms with van der Waals surface area (Å²) in [6.07, 6.45) is 7.66. The molecule has 0 N–H and O–H groups in total. The van der Waals surface area contributed by atoms with Crippen molar-refractivity contribution in [3.05, 3.63) is 18.2 Å². The van der Waals surface area contributed by atoms with Gasteiger partial charge in [-0.2, -0.15) is 0 Å². The molecule has 0 saturated carbocycles. The highest BCUT2D eigenvalue weighted by Gasteiger charge is 2.12. The predicted octanol–water partition coefficient (Wildman–Crippen LogP) is 2.17. The first-order chi connectivity index (χ1) is 7.83. The molecule has 92 valence electrons. The minimum atomic E-state index is 0.876. The van der Waals surface area contributed by atoms with Gasteiger partial charge >= 0.3 is 0 Å². The van der Waals surface area contributed by atoms with Gasteiger partial charge in [0.05, 0.1) is 19.7 Å². The van der Waals surface area contributed by atoms with Gasteiger partial charge in [0.2, 0.25) is 0 Å². The van der Waals surface area contributed by atoms with Gasteiger partial charge in [-0.05, 0) is 13.3 Å². The number of imidazole rings is 1. The molecule has 1 rings (SSSR count). The van der Waals surface area contributed by atoms with Gasteiger partial charge in [-0.3, -0.25) is 0 Å². The molecule has 0 aromatic carbocycles. The normalized spacial score (nSPS) is 10.9. The number of rotatable bonds is 8. The number of nitrogens with zero attached hydrogens (tertiary/aromatic N) is 2. The van der Waals surface area contributed by atoms with Crippen molar-refractivity contribution in [1.29, 1.82) is 0 Å². The zero-order valence-corrected chi connectivity index (χ0v) is 10.9. The fourth-order valence-corrected chi connectivity index (χ4v) is 1.98. The Bertz CT molecular complexity index is 294. The molecule has 0 spiro atoms. The fourth-order valence-electron chi connectivity index (χ4n) is 1.98. The highest BCUT2D eigenvalue weighted by atomic mass is 16.5. The summed E-state index contributed by atoms with van der Waals surface area (Å²) in [5.74, 6) is 1.41. The van der Waals surface area contributed by atoms with Crippen LogP contribution in [-0.4, -0.2) is 17.8 Å². The molecule has 0 aliphatic carbocycles. The van der Waals surface area contributed by atoms with Crippen molar-refractivity contribution in [2.24, 2.45) is 0 Å². The third-order valence-corrected chi connectivity index (χ3v) is 2.78. The third-order valence-electron chi connectivity index (χ3n) is 2.78. The summed E-state index contributed by atoms with van der Waals surface area (Å²) in [5.41, 5.74) is 0. The Morgan fingerprint density at radius 2 is 2.06 bits per heavy atom. The van der Waals surface area contributed by atoms with Crippen molar-refractivity contribution in [2.45, 2.75) is 53.1 Å². The molecule has 1 heterocycles. The van der Waals surface area contributed by atoms with Gasteiger partial charge in [0.1, 0.15) is 12.4 Å². The van der Waals surface area contributed by atoms with E-state index < -0.39 is 0 Å². The van der Waals surface area contributed by atoms with Crippen LogP contribution in [0.25, 0.3) is 0 Å². The lowest BCUT2D eigenvalue weighted by molar-refractivity contribution is -0.704. The van der Waals surface area contributed by atoms with Crippen molar-refractivity contribution < 1.29 is 9.30 Å². The van der Waals surface area contributed by atoms with Gasteiger partial charge in [0.25, 0.3) is 5.82 Å². The summed E-state index contributed by atoms with van der Waals surface area (Å²) in [6, 6.07) is 0. The molecule has 0 amide bonds. The van der Waals surface area contributed by atoms with E-state index in [4.69, 9.17) is 4.74 Å². The Morgan fingerprint density at radius 3 is 2.69 bits per heavy atom. The van der Waals surface area contributed by atoms with Gasteiger partial charge in [-0.15, -0.1) is 0 Å². The molecule has 0 aliphatic rings. The van der Waals surface area contributed by atoms with Crippen molar-refractivity contribution in [3.8, 4) is 0 Å². The number of aryl methyl sites for hydroxylation is 2. The van der Waals surface area contributed by atoms with E-state index >= 15 is 0 Å². The highest BCUT2D eigenvalue weighted by molar-refractivity contribution is 4.82. The van der Waals surface area contributed by atoms with E-state index in [0.29, 0.717) is 0 Å². The van der Waals surface area contributed by atoms with Crippen molar-refractivity contribution in [2.75, 3.05) is 13.2 Å². The predicted molar refractivity (Wildman–Crippen MR) is 65.4 cm³/mol. The molecule has 0 bridgehead atoms. The molecule has 0 aliphatic heterocycles. The lowest BCUT2D eigenvalue weighted by Crippen LogP contribution is -2.37. The average Bonchev–Trinajstić information content (AvgIpc) is 2.71. The van der Waals surface area contributed by atoms with Crippen LogP contribution in [0.1, 0.15) is 39.4 Å². The Labute approximate surface area is 99.0 Å². The SMILES string of the molecule is CCCOCCC[n+]1ccn(CC)c1CC. The molecule has 1 aromatic heterocycles. The standard InChI is InChI=1S/C13H25N2O/c1-4-11-16-12-7-8-15-10-9-14(6-3)13(15)5-2/h9-10H,4-8,11-12H2,1-3H3/q+1. The summed E-state index contributed by atoms with van der Waals surface area (Å²) in [7, 11) is 0. The molecule has 0 saturated heterocycles. The topological polar surface area (TPSA) is 18.0 Å². The van der Waals surface area contributed by atoms with Crippen molar-refractivity contribution >= 4 is 0 Å². The minimum Gasteiger partial charge on any atom is -0.381 e. The largest absolute Gasteiger partial charge is 0.381 e. The molecule has 3 nitrogen and oxygen atoms in total. The van der Waals surface area contributed by atoms with Gasteiger partial charge < -0.3 is 4.74 Å². The molecular formula is C13H25N2O+. The fraction of sp³-hybridized carbons (Fsp3) is 0.769. The lowest BCUT2D eigenvalue weighted by atomic mass is 10.4. The van der Waals surface area contributed by atoms with Crippen LogP contribution < -0.4 is 4.57 Å². The highest BCUT2D eigenvalue weighted by Crippen LogP contribution is 1.97. The second-order valence-electron chi connectivity index (χ2n) is 4.01. The lowest BCUT2D eigenvalue weighted by Gasteiger charge is -2.03. The summed E-state index contributed by atoms with van der Waals surface area (Å²) >= 11 is 0. The Balaban J connectivity index is 2.38. The van der Waals surface area contributed by atoms with Gasteiger partial charge in [0, 0.05) is 19.4 Å². The maximum atomic E-state index is 5.49. The monoisotopic (exact) mass is 225 g/mol. The van der Waals surface area contributed by atoms with E-state index in [1.165, 1.54) is 5.82 Å². The maximum absolute atomic E-state index is 5.49. The number of hydrogen-bond acceptors (Lipinski definition) is 1. The maximum Gasteiger partial charge on any atom is 0.256 e. The van der Waals surface area contributed by atoms with Crippen LogP contribution in [0.15, 0.2) is 12.4 Å². The van der Waals surface area contributed by atoms with Crippen LogP contribution in [0, 0.1) is 0 Å². The summed E-state index contributed by atoms with van der Waals surface area (Å²) in [4.78, 5) is 0. The van der Waals surface area contributed by atoms with E-state index in [0.717, 1.165) is 45.6 Å². The average molecular weight is 225 g/mol. The van der Waals surface area contributed by atoms with Crippen LogP contribution in [0.4, 0.5) is 0 Å². The molecule has 0 unspecified atom stereocenters. The van der Waals surface area contributed by atoms with Crippen LogP contribution >= 0.6 is 0 Å². The van der Waals surface area contributed by atoms with Gasteiger partial charge in [0.15, 0.2) is 0 Å². The van der Waals surface area contributed by atoms with E-state index in [1.807, 2.05) is 0 Å². The number of ether oxygens (including phenoxy) is 1. The first kappa shape index (κ1) is 13.2. The Kier molecular flexibility index (Phi) is 6.16. The molecule has 0 fully saturated rings. The number of aromatic nitrogens is 2. The van der Waals surface area contributed by atoms with Crippen LogP contribution in [0.5, 0.6) is 0 Å². The number of hydrogen-bond donors (Lipinski definition) is 0. The van der Waals surface area contributed by atoms with Crippen LogP contribution in [0.3, 0.4) is 0 Å². The van der Waals surface area contributed by atoms with E-state index in [2.05, 4.69) is 42.3 Å². The first-order valence-electron chi connectivity index (χ1n) is 6.48. The van der Waals surface area contributed by atoms with E-state index in [9.17, 15) is 0 Å². The van der Waals surface area contributed by atoms with Crippen LogP contribution in [0.2, 0.25) is 0 Å². The summed E-state index contributed by atoms with van der Waals surface area (Å²) in [5, 5.41) is 0. The van der Waals surface area contributed by atoms with Gasteiger partial charge in [-0.1, -0.05) is 13.8 Å². The molecule has 0 radical (unpaired) electrons. The minimum absolute atomic E-state index is 0.876. The second kappa shape index (κ2) is 7.44. The second-order valence-corrected chi connectivity index (χ2v) is 4.01. The van der Waals surface area contributed by atoms with Crippen molar-refractivity contribution in [1.82, 2.24) is 4.57 Å². The first-order valence-corrected chi connectivity index (χ1v) is 6.48. The summed E-state index contributed by atoms with van der Waals surface area (Å²) < 4.78 is 10.1. The Hall–Kier alpha value is -0.830. The molecule has 0 atom stereocenters. The van der Waals surface area contributed by atoms with Gasteiger partial charge in [-0.25, -0.2) is 9.13 Å². The van der Waals surface area contributed by atoms with E-state index in [1.54, 1.807) is 0 Å². The van der Waals surface area contributed by atoms with Crippen LogP contribution in [-0.2, 0) is 24.2 Å². The molecule has 1 aromatic rings. The molecular weight excluding hydrogens is 200 g/mol. The zero-order chi connectivity index (χ0) is 11.8.